The molecule has 0 radical (unpaired) electrons. The van der Waals surface area contributed by atoms with Gasteiger partial charge in [0.05, 0.1) is 13.2 Å². The Morgan fingerprint density at radius 2 is 1.70 bits per heavy atom. The Balaban J connectivity index is 1.91. The van der Waals surface area contributed by atoms with Crippen LogP contribution in [0, 0.1) is 0 Å². The molecule has 2 aromatic rings. The van der Waals surface area contributed by atoms with E-state index in [1.54, 1.807) is 7.11 Å². The SMILES string of the molecule is COc1ccc([C@H](O)CN(C)Cc2ccccc2)cc1. The number of benzene rings is 2. The topological polar surface area (TPSA) is 32.7 Å². The molecule has 2 aromatic carbocycles. The van der Waals surface area contributed by atoms with E-state index < -0.39 is 6.10 Å². The fraction of sp³-hybridized carbons (Fsp3) is 0.294. The van der Waals surface area contributed by atoms with Crippen LogP contribution in [0.4, 0.5) is 0 Å². The summed E-state index contributed by atoms with van der Waals surface area (Å²) in [5.41, 5.74) is 2.16. The molecule has 0 unspecified atom stereocenters. The van der Waals surface area contributed by atoms with Crippen molar-refractivity contribution in [2.45, 2.75) is 12.6 Å². The first-order valence-electron chi connectivity index (χ1n) is 6.73. The van der Waals surface area contributed by atoms with Gasteiger partial charge in [-0.25, -0.2) is 0 Å². The number of hydrogen-bond acceptors (Lipinski definition) is 3. The maximum atomic E-state index is 10.3. The van der Waals surface area contributed by atoms with Crippen LogP contribution < -0.4 is 4.74 Å². The molecule has 0 amide bonds. The van der Waals surface area contributed by atoms with E-state index in [0.29, 0.717) is 6.54 Å². The van der Waals surface area contributed by atoms with Gasteiger partial charge in [0.15, 0.2) is 0 Å². The molecule has 0 saturated carbocycles. The van der Waals surface area contributed by atoms with Crippen molar-refractivity contribution < 1.29 is 9.84 Å². The van der Waals surface area contributed by atoms with Gasteiger partial charge in [-0.1, -0.05) is 42.5 Å². The standard InChI is InChI=1S/C17H21NO2/c1-18(12-14-6-4-3-5-7-14)13-17(19)15-8-10-16(20-2)11-9-15/h3-11,17,19H,12-13H2,1-2H3/t17-/m1/s1. The van der Waals surface area contributed by atoms with E-state index in [0.717, 1.165) is 17.9 Å². The number of methoxy groups -OCH3 is 1. The lowest BCUT2D eigenvalue weighted by molar-refractivity contribution is 0.124. The summed E-state index contributed by atoms with van der Waals surface area (Å²) in [4.78, 5) is 2.12. The summed E-state index contributed by atoms with van der Waals surface area (Å²) in [7, 11) is 3.65. The summed E-state index contributed by atoms with van der Waals surface area (Å²) < 4.78 is 5.12. The molecule has 20 heavy (non-hydrogen) atoms. The van der Waals surface area contributed by atoms with Crippen LogP contribution in [-0.2, 0) is 6.54 Å². The monoisotopic (exact) mass is 271 g/mol. The van der Waals surface area contributed by atoms with E-state index in [9.17, 15) is 5.11 Å². The van der Waals surface area contributed by atoms with Crippen molar-refractivity contribution >= 4 is 0 Å². The predicted octanol–water partition coefficient (Wildman–Crippen LogP) is 2.86. The molecule has 3 nitrogen and oxygen atoms in total. The van der Waals surface area contributed by atoms with Gasteiger partial charge in [0.25, 0.3) is 0 Å². The molecular weight excluding hydrogens is 250 g/mol. The van der Waals surface area contributed by atoms with Gasteiger partial charge in [-0.05, 0) is 30.3 Å². The summed E-state index contributed by atoms with van der Waals surface area (Å²) in [6, 6.07) is 17.8. The van der Waals surface area contributed by atoms with Gasteiger partial charge in [0, 0.05) is 13.1 Å². The molecule has 106 valence electrons. The van der Waals surface area contributed by atoms with Gasteiger partial charge >= 0.3 is 0 Å². The second kappa shape index (κ2) is 7.08. The van der Waals surface area contributed by atoms with Crippen LogP contribution in [0.15, 0.2) is 54.6 Å². The van der Waals surface area contributed by atoms with Crippen LogP contribution in [0.2, 0.25) is 0 Å². The van der Waals surface area contributed by atoms with E-state index in [1.807, 2.05) is 49.5 Å². The molecule has 0 heterocycles. The number of aliphatic hydroxyl groups is 1. The van der Waals surface area contributed by atoms with Crippen molar-refractivity contribution in [3.63, 3.8) is 0 Å². The third kappa shape index (κ3) is 4.08. The largest absolute Gasteiger partial charge is 0.497 e. The minimum absolute atomic E-state index is 0.491. The molecule has 1 atom stereocenters. The highest BCUT2D eigenvalue weighted by atomic mass is 16.5. The molecule has 0 aliphatic rings. The van der Waals surface area contributed by atoms with Crippen molar-refractivity contribution in [3.05, 3.63) is 65.7 Å². The van der Waals surface area contributed by atoms with E-state index in [4.69, 9.17) is 4.74 Å². The first-order chi connectivity index (χ1) is 9.69. The fourth-order valence-corrected chi connectivity index (χ4v) is 2.19. The van der Waals surface area contributed by atoms with E-state index >= 15 is 0 Å². The minimum atomic E-state index is -0.491. The highest BCUT2D eigenvalue weighted by molar-refractivity contribution is 5.28. The maximum absolute atomic E-state index is 10.3. The first-order valence-corrected chi connectivity index (χ1v) is 6.73. The third-order valence-electron chi connectivity index (χ3n) is 3.28. The summed E-state index contributed by atoms with van der Waals surface area (Å²) in [5, 5.41) is 10.3. The quantitative estimate of drug-likeness (QED) is 0.877. The van der Waals surface area contributed by atoms with Crippen LogP contribution in [0.3, 0.4) is 0 Å². The molecule has 0 aliphatic heterocycles. The maximum Gasteiger partial charge on any atom is 0.118 e. The highest BCUT2D eigenvalue weighted by Gasteiger charge is 2.11. The molecule has 3 heteroatoms. The Morgan fingerprint density at radius 1 is 1.05 bits per heavy atom. The van der Waals surface area contributed by atoms with E-state index in [-0.39, 0.29) is 0 Å². The average molecular weight is 271 g/mol. The average Bonchev–Trinajstić information content (AvgIpc) is 2.48. The smallest absolute Gasteiger partial charge is 0.118 e. The molecule has 0 aromatic heterocycles. The molecule has 0 fully saturated rings. The minimum Gasteiger partial charge on any atom is -0.497 e. The van der Waals surface area contributed by atoms with Crippen molar-refractivity contribution in [2.24, 2.45) is 0 Å². The Morgan fingerprint density at radius 3 is 2.30 bits per heavy atom. The van der Waals surface area contributed by atoms with Gasteiger partial charge in [-0.15, -0.1) is 0 Å². The number of likely N-dealkylation sites (N-methyl/N-ethyl adjacent to an activating group) is 1. The number of aliphatic hydroxyl groups excluding tert-OH is 1. The zero-order chi connectivity index (χ0) is 14.4. The fourth-order valence-electron chi connectivity index (χ4n) is 2.19. The molecule has 2 rings (SSSR count). The Bertz CT molecular complexity index is 510. The lowest BCUT2D eigenvalue weighted by atomic mass is 10.1. The third-order valence-corrected chi connectivity index (χ3v) is 3.28. The van der Waals surface area contributed by atoms with Crippen molar-refractivity contribution in [3.8, 4) is 5.75 Å². The van der Waals surface area contributed by atoms with Crippen LogP contribution in [0.5, 0.6) is 5.75 Å². The van der Waals surface area contributed by atoms with Gasteiger partial charge in [0.1, 0.15) is 5.75 Å². The molecule has 0 saturated heterocycles. The number of hydrogen-bond donors (Lipinski definition) is 1. The van der Waals surface area contributed by atoms with Crippen molar-refractivity contribution in [1.82, 2.24) is 4.90 Å². The molecule has 0 bridgehead atoms. The van der Waals surface area contributed by atoms with E-state index in [2.05, 4.69) is 17.0 Å². The molecule has 0 aliphatic carbocycles. The second-order valence-corrected chi connectivity index (χ2v) is 4.97. The number of rotatable bonds is 6. The first kappa shape index (κ1) is 14.6. The Hall–Kier alpha value is -1.84. The molecular formula is C17H21NO2. The lowest BCUT2D eigenvalue weighted by Crippen LogP contribution is -2.24. The van der Waals surface area contributed by atoms with Gasteiger partial charge < -0.3 is 9.84 Å². The second-order valence-electron chi connectivity index (χ2n) is 4.97. The zero-order valence-corrected chi connectivity index (χ0v) is 12.0. The van der Waals surface area contributed by atoms with Gasteiger partial charge in [-0.2, -0.15) is 0 Å². The van der Waals surface area contributed by atoms with Crippen LogP contribution >= 0.6 is 0 Å². The summed E-state index contributed by atoms with van der Waals surface area (Å²) >= 11 is 0. The lowest BCUT2D eigenvalue weighted by Gasteiger charge is -2.21. The highest BCUT2D eigenvalue weighted by Crippen LogP contribution is 2.18. The summed E-state index contributed by atoms with van der Waals surface area (Å²) in [6.07, 6.45) is -0.491. The van der Waals surface area contributed by atoms with Crippen molar-refractivity contribution in [2.75, 3.05) is 20.7 Å². The number of ether oxygens (including phenoxy) is 1. The van der Waals surface area contributed by atoms with Crippen LogP contribution in [0.1, 0.15) is 17.2 Å². The van der Waals surface area contributed by atoms with Crippen LogP contribution in [-0.4, -0.2) is 30.7 Å². The molecule has 1 N–H and O–H groups in total. The van der Waals surface area contributed by atoms with Crippen molar-refractivity contribution in [1.29, 1.82) is 0 Å². The Kier molecular flexibility index (Phi) is 5.16. The van der Waals surface area contributed by atoms with Crippen LogP contribution in [0.25, 0.3) is 0 Å². The Labute approximate surface area is 120 Å². The van der Waals surface area contributed by atoms with Gasteiger partial charge in [-0.3, -0.25) is 4.90 Å². The summed E-state index contributed by atoms with van der Waals surface area (Å²) in [5.74, 6) is 0.804. The normalized spacial score (nSPS) is 12.4. The van der Waals surface area contributed by atoms with Gasteiger partial charge in [0.2, 0.25) is 0 Å². The molecule has 0 spiro atoms. The zero-order valence-electron chi connectivity index (χ0n) is 12.0. The number of nitrogens with zero attached hydrogens (tertiary/aromatic N) is 1. The summed E-state index contributed by atoms with van der Waals surface area (Å²) in [6.45, 7) is 1.43. The van der Waals surface area contributed by atoms with E-state index in [1.165, 1.54) is 5.56 Å². The predicted molar refractivity (Wildman–Crippen MR) is 80.7 cm³/mol.